The Bertz CT molecular complexity index is 1070. The van der Waals surface area contributed by atoms with Gasteiger partial charge in [0.2, 0.25) is 0 Å². The lowest BCUT2D eigenvalue weighted by Gasteiger charge is -2.05. The van der Waals surface area contributed by atoms with Crippen LogP contribution in [0.1, 0.15) is 22.4 Å². The largest absolute Gasteiger partial charge is 0.307 e. The van der Waals surface area contributed by atoms with Crippen LogP contribution < -0.4 is 5.32 Å². The first kappa shape index (κ1) is 19.4. The minimum absolute atomic E-state index is 0.539. The van der Waals surface area contributed by atoms with Crippen LogP contribution in [0, 0.1) is 6.92 Å². The van der Waals surface area contributed by atoms with Crippen molar-refractivity contribution in [3.05, 3.63) is 106 Å². The molecule has 4 nitrogen and oxygen atoms in total. The minimum atomic E-state index is 0.539. The van der Waals surface area contributed by atoms with Gasteiger partial charge in [-0.25, -0.2) is 0 Å². The molecule has 0 saturated carbocycles. The van der Waals surface area contributed by atoms with Gasteiger partial charge >= 0.3 is 0 Å². The first-order valence-electron chi connectivity index (χ1n) is 9.68. The van der Waals surface area contributed by atoms with Crippen LogP contribution in [-0.4, -0.2) is 15.0 Å². The summed E-state index contributed by atoms with van der Waals surface area (Å²) < 4.78 is 0. The second-order valence-corrected chi connectivity index (χ2v) is 7.48. The van der Waals surface area contributed by atoms with Crippen molar-refractivity contribution in [2.24, 2.45) is 0 Å². The van der Waals surface area contributed by atoms with Gasteiger partial charge in [-0.1, -0.05) is 90.0 Å². The first-order chi connectivity index (χ1) is 14.2. The van der Waals surface area contributed by atoms with E-state index in [1.165, 1.54) is 11.1 Å². The summed E-state index contributed by atoms with van der Waals surface area (Å²) in [5.74, 6) is 0. The first-order valence-corrected chi connectivity index (χ1v) is 10.1. The van der Waals surface area contributed by atoms with Gasteiger partial charge in [-0.3, -0.25) is 0 Å². The minimum Gasteiger partial charge on any atom is -0.307 e. The van der Waals surface area contributed by atoms with Crippen molar-refractivity contribution in [3.63, 3.8) is 0 Å². The molecular formula is C24H23ClN4. The molecule has 0 bridgehead atoms. The van der Waals surface area contributed by atoms with Crippen LogP contribution in [0.4, 0.5) is 0 Å². The SMILES string of the molecule is Cc1ccc(CNCc2nn(Cc3ccccc3Cl)nc2-c2ccccc2)cc1. The van der Waals surface area contributed by atoms with Crippen molar-refractivity contribution in [3.8, 4) is 11.3 Å². The fourth-order valence-corrected chi connectivity index (χ4v) is 3.40. The molecule has 0 amide bonds. The maximum atomic E-state index is 6.32. The molecule has 1 N–H and O–H groups in total. The molecule has 4 rings (SSSR count). The fraction of sp³-hybridized carbons (Fsp3) is 0.167. The molecule has 5 heteroatoms. The van der Waals surface area contributed by atoms with E-state index in [0.717, 1.165) is 34.1 Å². The highest BCUT2D eigenvalue weighted by Gasteiger charge is 2.14. The second-order valence-electron chi connectivity index (χ2n) is 7.07. The van der Waals surface area contributed by atoms with Crippen molar-refractivity contribution in [1.82, 2.24) is 20.3 Å². The third kappa shape index (κ3) is 4.91. The summed E-state index contributed by atoms with van der Waals surface area (Å²) in [7, 11) is 0. The van der Waals surface area contributed by atoms with E-state index < -0.39 is 0 Å². The summed E-state index contributed by atoms with van der Waals surface area (Å²) in [6.45, 7) is 4.06. The molecule has 0 aliphatic heterocycles. The number of halogens is 1. The Morgan fingerprint density at radius 1 is 0.828 bits per heavy atom. The Morgan fingerprint density at radius 2 is 1.55 bits per heavy atom. The average Bonchev–Trinajstić information content (AvgIpc) is 3.14. The lowest BCUT2D eigenvalue weighted by molar-refractivity contribution is 0.576. The number of aryl methyl sites for hydroxylation is 1. The fourth-order valence-electron chi connectivity index (χ4n) is 3.20. The monoisotopic (exact) mass is 402 g/mol. The third-order valence-electron chi connectivity index (χ3n) is 4.78. The Kier molecular flexibility index (Phi) is 6.03. The van der Waals surface area contributed by atoms with E-state index in [1.807, 2.05) is 42.5 Å². The highest BCUT2D eigenvalue weighted by Crippen LogP contribution is 2.22. The van der Waals surface area contributed by atoms with Crippen LogP contribution in [0.2, 0.25) is 5.02 Å². The zero-order valence-electron chi connectivity index (χ0n) is 16.3. The van der Waals surface area contributed by atoms with Gasteiger partial charge in [-0.05, 0) is 24.1 Å². The van der Waals surface area contributed by atoms with Crippen LogP contribution in [-0.2, 0) is 19.6 Å². The average molecular weight is 403 g/mol. The molecule has 0 atom stereocenters. The quantitative estimate of drug-likeness (QED) is 0.459. The predicted octanol–water partition coefficient (Wildman–Crippen LogP) is 5.25. The van der Waals surface area contributed by atoms with E-state index in [2.05, 4.69) is 48.6 Å². The van der Waals surface area contributed by atoms with Crippen molar-refractivity contribution >= 4 is 11.6 Å². The Labute approximate surface area is 176 Å². The van der Waals surface area contributed by atoms with E-state index in [4.69, 9.17) is 21.8 Å². The molecule has 0 fully saturated rings. The highest BCUT2D eigenvalue weighted by molar-refractivity contribution is 6.31. The Balaban J connectivity index is 1.55. The Morgan fingerprint density at radius 3 is 2.31 bits per heavy atom. The summed E-state index contributed by atoms with van der Waals surface area (Å²) in [6.07, 6.45) is 0. The van der Waals surface area contributed by atoms with Crippen LogP contribution in [0.5, 0.6) is 0 Å². The van der Waals surface area contributed by atoms with Gasteiger partial charge in [0.25, 0.3) is 0 Å². The number of hydrogen-bond donors (Lipinski definition) is 1. The van der Waals surface area contributed by atoms with E-state index in [1.54, 1.807) is 4.80 Å². The number of nitrogens with zero attached hydrogens (tertiary/aromatic N) is 3. The summed E-state index contributed by atoms with van der Waals surface area (Å²) in [5, 5.41) is 13.7. The van der Waals surface area contributed by atoms with Crippen molar-refractivity contribution in [2.45, 2.75) is 26.6 Å². The molecule has 29 heavy (non-hydrogen) atoms. The summed E-state index contributed by atoms with van der Waals surface area (Å²) in [4.78, 5) is 1.73. The normalized spacial score (nSPS) is 11.0. The molecule has 1 heterocycles. The van der Waals surface area contributed by atoms with Crippen LogP contribution >= 0.6 is 11.6 Å². The number of hydrogen-bond acceptors (Lipinski definition) is 3. The molecule has 0 aliphatic rings. The van der Waals surface area contributed by atoms with Gasteiger partial charge in [0.15, 0.2) is 0 Å². The molecule has 0 unspecified atom stereocenters. The van der Waals surface area contributed by atoms with Crippen molar-refractivity contribution in [2.75, 3.05) is 0 Å². The van der Waals surface area contributed by atoms with Crippen molar-refractivity contribution in [1.29, 1.82) is 0 Å². The van der Waals surface area contributed by atoms with E-state index in [-0.39, 0.29) is 0 Å². The van der Waals surface area contributed by atoms with Gasteiger partial charge in [-0.2, -0.15) is 15.0 Å². The summed E-state index contributed by atoms with van der Waals surface area (Å²) in [5.41, 5.74) is 6.40. The molecule has 0 spiro atoms. The zero-order valence-corrected chi connectivity index (χ0v) is 17.1. The van der Waals surface area contributed by atoms with E-state index >= 15 is 0 Å². The maximum Gasteiger partial charge on any atom is 0.117 e. The molecule has 0 aliphatic carbocycles. The summed E-state index contributed by atoms with van der Waals surface area (Å²) in [6, 6.07) is 26.5. The third-order valence-corrected chi connectivity index (χ3v) is 5.15. The molecule has 1 aromatic heterocycles. The predicted molar refractivity (Wildman–Crippen MR) is 118 cm³/mol. The molecule has 4 aromatic rings. The maximum absolute atomic E-state index is 6.32. The molecule has 0 saturated heterocycles. The van der Waals surface area contributed by atoms with Crippen LogP contribution in [0.15, 0.2) is 78.9 Å². The smallest absolute Gasteiger partial charge is 0.117 e. The van der Waals surface area contributed by atoms with Gasteiger partial charge in [0, 0.05) is 23.7 Å². The van der Waals surface area contributed by atoms with Crippen molar-refractivity contribution < 1.29 is 0 Å². The molecule has 0 radical (unpaired) electrons. The number of rotatable bonds is 7. The molecular weight excluding hydrogens is 380 g/mol. The number of benzene rings is 3. The van der Waals surface area contributed by atoms with Gasteiger partial charge in [-0.15, -0.1) is 0 Å². The van der Waals surface area contributed by atoms with Crippen LogP contribution in [0.25, 0.3) is 11.3 Å². The lowest BCUT2D eigenvalue weighted by Crippen LogP contribution is -2.14. The second kappa shape index (κ2) is 9.03. The number of aromatic nitrogens is 3. The standard InChI is InChI=1S/C24H23ClN4/c1-18-11-13-19(14-12-18)15-26-16-23-24(20-7-3-2-4-8-20)28-29(27-23)17-21-9-5-6-10-22(21)25/h2-14,26H,15-17H2,1H3. The van der Waals surface area contributed by atoms with E-state index in [9.17, 15) is 0 Å². The lowest BCUT2D eigenvalue weighted by atomic mass is 10.1. The zero-order chi connectivity index (χ0) is 20.1. The molecule has 3 aromatic carbocycles. The topological polar surface area (TPSA) is 42.7 Å². The van der Waals surface area contributed by atoms with Gasteiger partial charge in [0.1, 0.15) is 11.4 Å². The highest BCUT2D eigenvalue weighted by atomic mass is 35.5. The Hall–Kier alpha value is -2.95. The van der Waals surface area contributed by atoms with Gasteiger partial charge < -0.3 is 5.32 Å². The summed E-state index contributed by atoms with van der Waals surface area (Å²) >= 11 is 6.32. The number of nitrogens with one attached hydrogen (secondary N) is 1. The van der Waals surface area contributed by atoms with Gasteiger partial charge in [0.05, 0.1) is 6.54 Å². The molecule has 146 valence electrons. The van der Waals surface area contributed by atoms with Crippen LogP contribution in [0.3, 0.4) is 0 Å². The van der Waals surface area contributed by atoms with E-state index in [0.29, 0.717) is 13.1 Å².